The highest BCUT2D eigenvalue weighted by atomic mass is 19.1. The molecular formula is C19H20FNO2. The lowest BCUT2D eigenvalue weighted by Crippen LogP contribution is -2.24. The summed E-state index contributed by atoms with van der Waals surface area (Å²) in [7, 11) is 0. The summed E-state index contributed by atoms with van der Waals surface area (Å²) < 4.78 is 13.2. The largest absolute Gasteiger partial charge is 0.478 e. The zero-order chi connectivity index (χ0) is 16.2. The van der Waals surface area contributed by atoms with Gasteiger partial charge in [-0.25, -0.2) is 9.18 Å². The third kappa shape index (κ3) is 3.77. The van der Waals surface area contributed by atoms with Gasteiger partial charge in [-0.3, -0.25) is 0 Å². The van der Waals surface area contributed by atoms with Crippen LogP contribution in [0, 0.1) is 5.82 Å². The summed E-state index contributed by atoms with van der Waals surface area (Å²) in [6, 6.07) is 12.0. The third-order valence-electron chi connectivity index (χ3n) is 4.44. The lowest BCUT2D eigenvalue weighted by Gasteiger charge is -2.26. The van der Waals surface area contributed by atoms with Gasteiger partial charge < -0.3 is 10.4 Å². The highest BCUT2D eigenvalue weighted by Gasteiger charge is 2.21. The van der Waals surface area contributed by atoms with Crippen LogP contribution in [0.5, 0.6) is 0 Å². The van der Waals surface area contributed by atoms with Crippen LogP contribution in [0.15, 0.2) is 42.5 Å². The van der Waals surface area contributed by atoms with Crippen LogP contribution in [0.1, 0.15) is 45.8 Å². The van der Waals surface area contributed by atoms with Crippen LogP contribution in [-0.2, 0) is 13.0 Å². The van der Waals surface area contributed by atoms with E-state index in [1.165, 1.54) is 17.7 Å². The Morgan fingerprint density at radius 2 is 2.13 bits per heavy atom. The molecule has 3 nitrogen and oxygen atoms in total. The summed E-state index contributed by atoms with van der Waals surface area (Å²) >= 11 is 0. The molecule has 1 atom stereocenters. The first-order valence-corrected chi connectivity index (χ1v) is 7.95. The second-order valence-corrected chi connectivity index (χ2v) is 6.07. The smallest absolute Gasteiger partial charge is 0.335 e. The van der Waals surface area contributed by atoms with Crippen LogP contribution in [0.25, 0.3) is 0 Å². The van der Waals surface area contributed by atoms with Crippen molar-refractivity contribution < 1.29 is 14.3 Å². The fourth-order valence-electron chi connectivity index (χ4n) is 3.28. The van der Waals surface area contributed by atoms with E-state index in [0.29, 0.717) is 18.0 Å². The summed E-state index contributed by atoms with van der Waals surface area (Å²) in [4.78, 5) is 11.2. The molecule has 4 heteroatoms. The van der Waals surface area contributed by atoms with E-state index in [4.69, 9.17) is 0 Å². The van der Waals surface area contributed by atoms with Crippen LogP contribution in [-0.4, -0.2) is 17.6 Å². The average Bonchev–Trinajstić information content (AvgIpc) is 2.54. The van der Waals surface area contributed by atoms with Gasteiger partial charge in [0.05, 0.1) is 5.56 Å². The van der Waals surface area contributed by atoms with Crippen molar-refractivity contribution in [1.29, 1.82) is 0 Å². The molecule has 0 spiro atoms. The number of carboxylic acid groups (broad SMARTS) is 1. The molecule has 0 heterocycles. The molecule has 0 bridgehead atoms. The van der Waals surface area contributed by atoms with Crippen LogP contribution in [0.4, 0.5) is 4.39 Å². The Balaban J connectivity index is 1.68. The van der Waals surface area contributed by atoms with Crippen LogP contribution < -0.4 is 5.32 Å². The van der Waals surface area contributed by atoms with Crippen molar-refractivity contribution in [3.63, 3.8) is 0 Å². The van der Waals surface area contributed by atoms with Crippen LogP contribution >= 0.6 is 0 Å². The highest BCUT2D eigenvalue weighted by Crippen LogP contribution is 2.32. The van der Waals surface area contributed by atoms with Crippen molar-refractivity contribution in [2.24, 2.45) is 0 Å². The van der Waals surface area contributed by atoms with Gasteiger partial charge in [-0.15, -0.1) is 0 Å². The maximum absolute atomic E-state index is 13.2. The number of carbonyl (C=O) groups is 1. The van der Waals surface area contributed by atoms with Gasteiger partial charge in [0.1, 0.15) is 5.82 Å². The Kier molecular flexibility index (Phi) is 4.72. The fourth-order valence-corrected chi connectivity index (χ4v) is 3.28. The van der Waals surface area contributed by atoms with Crippen LogP contribution in [0.2, 0.25) is 0 Å². The lowest BCUT2D eigenvalue weighted by atomic mass is 9.82. The molecule has 1 unspecified atom stereocenters. The number of nitrogens with one attached hydrogen (secondary N) is 1. The molecule has 2 aromatic carbocycles. The second-order valence-electron chi connectivity index (χ2n) is 6.07. The van der Waals surface area contributed by atoms with E-state index >= 15 is 0 Å². The normalized spacial score (nSPS) is 16.8. The van der Waals surface area contributed by atoms with E-state index in [-0.39, 0.29) is 5.82 Å². The minimum atomic E-state index is -0.884. The molecule has 23 heavy (non-hydrogen) atoms. The van der Waals surface area contributed by atoms with Crippen molar-refractivity contribution in [3.05, 3.63) is 70.5 Å². The van der Waals surface area contributed by atoms with E-state index in [1.807, 2.05) is 18.2 Å². The van der Waals surface area contributed by atoms with Gasteiger partial charge in [0.25, 0.3) is 0 Å². The number of benzene rings is 2. The minimum Gasteiger partial charge on any atom is -0.478 e. The van der Waals surface area contributed by atoms with E-state index in [1.54, 1.807) is 12.1 Å². The SMILES string of the molecule is O=C(O)c1ccc2c(c1)C(CNCc1cccc(F)c1)CCC2. The maximum atomic E-state index is 13.2. The summed E-state index contributed by atoms with van der Waals surface area (Å²) in [5, 5.41) is 12.5. The molecule has 2 aromatic rings. The first kappa shape index (κ1) is 15.7. The fraction of sp³-hybridized carbons (Fsp3) is 0.316. The molecule has 2 N–H and O–H groups in total. The number of fused-ring (bicyclic) bond motifs is 1. The van der Waals surface area contributed by atoms with Gasteiger partial charge in [0.15, 0.2) is 0 Å². The molecule has 0 fully saturated rings. The molecule has 0 amide bonds. The molecule has 1 aliphatic carbocycles. The van der Waals surface area contributed by atoms with Gasteiger partial charge in [-0.2, -0.15) is 0 Å². The van der Waals surface area contributed by atoms with E-state index < -0.39 is 5.97 Å². The number of aryl methyl sites for hydroxylation is 1. The molecule has 0 aromatic heterocycles. The predicted octanol–water partition coefficient (Wildman–Crippen LogP) is 3.73. The number of carboxylic acids is 1. The van der Waals surface area contributed by atoms with Gasteiger partial charge >= 0.3 is 5.97 Å². The summed E-state index contributed by atoms with van der Waals surface area (Å²) in [5.74, 6) is -0.796. The summed E-state index contributed by atoms with van der Waals surface area (Å²) in [5.41, 5.74) is 3.66. The molecule has 0 saturated carbocycles. The standard InChI is InChI=1S/C19H20FNO2/c20-17-6-1-3-13(9-17)11-21-12-16-5-2-4-14-7-8-15(19(22)23)10-18(14)16/h1,3,6-10,16,21H,2,4-5,11-12H2,(H,22,23). The molecule has 0 radical (unpaired) electrons. The Hall–Kier alpha value is -2.20. The summed E-state index contributed by atoms with van der Waals surface area (Å²) in [6.07, 6.45) is 3.17. The monoisotopic (exact) mass is 313 g/mol. The first-order valence-electron chi connectivity index (χ1n) is 7.95. The Bertz CT molecular complexity index is 714. The number of hydrogen-bond donors (Lipinski definition) is 2. The Morgan fingerprint density at radius 3 is 2.91 bits per heavy atom. The molecule has 120 valence electrons. The third-order valence-corrected chi connectivity index (χ3v) is 4.44. The van der Waals surface area contributed by atoms with Crippen molar-refractivity contribution in [1.82, 2.24) is 5.32 Å². The van der Waals surface area contributed by atoms with Gasteiger partial charge in [0, 0.05) is 13.1 Å². The number of hydrogen-bond acceptors (Lipinski definition) is 2. The molecule has 1 aliphatic rings. The number of rotatable bonds is 5. The van der Waals surface area contributed by atoms with E-state index in [0.717, 1.165) is 36.9 Å². The van der Waals surface area contributed by atoms with Crippen molar-refractivity contribution in [2.75, 3.05) is 6.54 Å². The quantitative estimate of drug-likeness (QED) is 0.884. The van der Waals surface area contributed by atoms with Gasteiger partial charge in [-0.1, -0.05) is 18.2 Å². The maximum Gasteiger partial charge on any atom is 0.335 e. The summed E-state index contributed by atoms with van der Waals surface area (Å²) in [6.45, 7) is 1.38. The number of halogens is 1. The zero-order valence-electron chi connectivity index (χ0n) is 12.9. The van der Waals surface area contributed by atoms with Crippen molar-refractivity contribution in [3.8, 4) is 0 Å². The first-order chi connectivity index (χ1) is 11.1. The average molecular weight is 313 g/mol. The molecular weight excluding hydrogens is 293 g/mol. The van der Waals surface area contributed by atoms with E-state index in [9.17, 15) is 14.3 Å². The lowest BCUT2D eigenvalue weighted by molar-refractivity contribution is 0.0696. The van der Waals surface area contributed by atoms with E-state index in [2.05, 4.69) is 5.32 Å². The van der Waals surface area contributed by atoms with Crippen LogP contribution in [0.3, 0.4) is 0 Å². The second kappa shape index (κ2) is 6.92. The zero-order valence-corrected chi connectivity index (χ0v) is 12.9. The molecule has 3 rings (SSSR count). The predicted molar refractivity (Wildman–Crippen MR) is 87.2 cm³/mol. The topological polar surface area (TPSA) is 49.3 Å². The molecule has 0 aliphatic heterocycles. The highest BCUT2D eigenvalue weighted by molar-refractivity contribution is 5.88. The van der Waals surface area contributed by atoms with Crippen molar-refractivity contribution >= 4 is 5.97 Å². The molecule has 0 saturated heterocycles. The minimum absolute atomic E-state index is 0.224. The Labute approximate surface area is 135 Å². The Morgan fingerprint density at radius 1 is 1.26 bits per heavy atom. The number of aromatic carboxylic acids is 1. The van der Waals surface area contributed by atoms with Gasteiger partial charge in [0.2, 0.25) is 0 Å². The van der Waals surface area contributed by atoms with Gasteiger partial charge in [-0.05, 0) is 66.1 Å². The van der Waals surface area contributed by atoms with Crippen molar-refractivity contribution in [2.45, 2.75) is 31.7 Å².